The summed E-state index contributed by atoms with van der Waals surface area (Å²) in [6, 6.07) is -3.11. The lowest BCUT2D eigenvalue weighted by atomic mass is 10.1. The fraction of sp³-hybridized carbons (Fsp3) is 0.529. The predicted octanol–water partition coefficient (Wildman–Crippen LogP) is -3.57. The number of rotatable bonds is 14. The minimum atomic E-state index is -1.24. The molecule has 3 amide bonds. The van der Waals surface area contributed by atoms with Crippen LogP contribution in [0.15, 0.2) is 17.5 Å². The van der Waals surface area contributed by atoms with Gasteiger partial charge in [-0.25, -0.2) is 4.98 Å². The molecule has 1 aromatic rings. The van der Waals surface area contributed by atoms with Crippen molar-refractivity contribution in [3.05, 3.63) is 18.2 Å². The third-order valence-corrected chi connectivity index (χ3v) is 4.50. The first-order chi connectivity index (χ1) is 15.1. The average Bonchev–Trinajstić information content (AvgIpc) is 3.24. The number of aliphatic carboxylic acids is 1. The summed E-state index contributed by atoms with van der Waals surface area (Å²) in [4.78, 5) is 58.5. The van der Waals surface area contributed by atoms with E-state index in [9.17, 15) is 19.2 Å². The van der Waals surface area contributed by atoms with E-state index in [0.29, 0.717) is 12.1 Å². The van der Waals surface area contributed by atoms with E-state index in [0.717, 1.165) is 0 Å². The molecule has 11 N–H and O–H groups in total. The van der Waals surface area contributed by atoms with E-state index >= 15 is 0 Å². The number of aliphatic imine (C=N–C) groups is 1. The summed E-state index contributed by atoms with van der Waals surface area (Å²) in [5, 5.41) is 15.9. The maximum Gasteiger partial charge on any atom is 0.322 e. The smallest absolute Gasteiger partial charge is 0.322 e. The lowest BCUT2D eigenvalue weighted by molar-refractivity contribution is -0.138. The van der Waals surface area contributed by atoms with Crippen LogP contribution in [0, 0.1) is 0 Å². The second-order valence-electron chi connectivity index (χ2n) is 6.75. The van der Waals surface area contributed by atoms with E-state index in [4.69, 9.17) is 22.3 Å². The van der Waals surface area contributed by atoms with Gasteiger partial charge in [-0.1, -0.05) is 0 Å². The molecule has 0 bridgehead atoms. The molecule has 0 fully saturated rings. The third-order valence-electron chi connectivity index (χ3n) is 4.14. The average molecular weight is 472 g/mol. The van der Waals surface area contributed by atoms with Gasteiger partial charge in [0.25, 0.3) is 0 Å². The number of aromatic nitrogens is 2. The largest absolute Gasteiger partial charge is 0.480 e. The molecule has 0 saturated heterocycles. The Morgan fingerprint density at radius 3 is 2.41 bits per heavy atom. The molecule has 1 heterocycles. The van der Waals surface area contributed by atoms with Crippen LogP contribution in [0.1, 0.15) is 18.5 Å². The maximum absolute atomic E-state index is 12.8. The lowest BCUT2D eigenvalue weighted by Gasteiger charge is -2.23. The second kappa shape index (κ2) is 13.9. The summed E-state index contributed by atoms with van der Waals surface area (Å²) >= 11 is 4.02. The van der Waals surface area contributed by atoms with Gasteiger partial charge in [0.15, 0.2) is 5.96 Å². The van der Waals surface area contributed by atoms with Gasteiger partial charge < -0.3 is 43.2 Å². The summed E-state index contributed by atoms with van der Waals surface area (Å²) in [5.41, 5.74) is 17.1. The number of H-pyrrole nitrogens is 1. The SMILES string of the molecule is NC(N)=NCCCC(NC(=O)C(N)Cc1cnc[nH]1)C(=O)NC(CS)C(=O)NCC(=O)O. The van der Waals surface area contributed by atoms with Crippen LogP contribution in [0.3, 0.4) is 0 Å². The van der Waals surface area contributed by atoms with Crippen molar-refractivity contribution in [3.8, 4) is 0 Å². The molecule has 0 aliphatic heterocycles. The molecule has 32 heavy (non-hydrogen) atoms. The summed E-state index contributed by atoms with van der Waals surface area (Å²) < 4.78 is 0. The van der Waals surface area contributed by atoms with E-state index in [2.05, 4.69) is 43.5 Å². The molecule has 0 aliphatic rings. The monoisotopic (exact) mass is 471 g/mol. The first kappa shape index (κ1) is 26.7. The van der Waals surface area contributed by atoms with Gasteiger partial charge in [0.1, 0.15) is 18.6 Å². The molecule has 0 saturated carbocycles. The normalized spacial score (nSPS) is 13.3. The molecule has 3 unspecified atom stereocenters. The summed E-state index contributed by atoms with van der Waals surface area (Å²) in [7, 11) is 0. The Morgan fingerprint density at radius 2 is 1.84 bits per heavy atom. The Hall–Kier alpha value is -3.33. The van der Waals surface area contributed by atoms with Crippen LogP contribution in [0.4, 0.5) is 0 Å². The zero-order chi connectivity index (χ0) is 24.1. The first-order valence-corrected chi connectivity index (χ1v) is 10.3. The molecule has 1 aromatic heterocycles. The zero-order valence-corrected chi connectivity index (χ0v) is 18.2. The van der Waals surface area contributed by atoms with Crippen molar-refractivity contribution in [2.75, 3.05) is 18.8 Å². The molecule has 0 spiro atoms. The van der Waals surface area contributed by atoms with Crippen molar-refractivity contribution in [1.29, 1.82) is 0 Å². The second-order valence-corrected chi connectivity index (χ2v) is 7.12. The molecule has 0 radical (unpaired) electrons. The van der Waals surface area contributed by atoms with Gasteiger partial charge in [-0.05, 0) is 12.8 Å². The number of nitrogens with two attached hydrogens (primary N) is 3. The number of amides is 3. The van der Waals surface area contributed by atoms with Crippen molar-refractivity contribution in [2.24, 2.45) is 22.2 Å². The number of guanidine groups is 1. The van der Waals surface area contributed by atoms with Gasteiger partial charge >= 0.3 is 5.97 Å². The van der Waals surface area contributed by atoms with Crippen molar-refractivity contribution < 1.29 is 24.3 Å². The van der Waals surface area contributed by atoms with E-state index in [-0.39, 0.29) is 31.1 Å². The number of nitrogens with one attached hydrogen (secondary N) is 4. The van der Waals surface area contributed by atoms with E-state index in [1.54, 1.807) is 0 Å². The topological polar surface area (TPSA) is 244 Å². The van der Waals surface area contributed by atoms with Crippen LogP contribution in [0.25, 0.3) is 0 Å². The summed E-state index contributed by atoms with van der Waals surface area (Å²) in [6.45, 7) is -0.391. The van der Waals surface area contributed by atoms with Gasteiger partial charge in [0.2, 0.25) is 17.7 Å². The maximum atomic E-state index is 12.8. The highest BCUT2D eigenvalue weighted by atomic mass is 32.1. The Kier molecular flexibility index (Phi) is 11.6. The first-order valence-electron chi connectivity index (χ1n) is 9.63. The van der Waals surface area contributed by atoms with Crippen LogP contribution < -0.4 is 33.2 Å². The van der Waals surface area contributed by atoms with Crippen LogP contribution in [-0.2, 0) is 25.6 Å². The van der Waals surface area contributed by atoms with E-state index in [1.165, 1.54) is 12.5 Å². The van der Waals surface area contributed by atoms with Crippen LogP contribution in [0.2, 0.25) is 0 Å². The quantitative estimate of drug-likeness (QED) is 0.0563. The fourth-order valence-electron chi connectivity index (χ4n) is 2.53. The van der Waals surface area contributed by atoms with Gasteiger partial charge in [0.05, 0.1) is 12.4 Å². The highest BCUT2D eigenvalue weighted by Crippen LogP contribution is 2.03. The fourth-order valence-corrected chi connectivity index (χ4v) is 2.79. The highest BCUT2D eigenvalue weighted by Gasteiger charge is 2.27. The number of nitrogens with zero attached hydrogens (tertiary/aromatic N) is 2. The molecule has 15 heteroatoms. The number of hydrogen-bond acceptors (Lipinski definition) is 8. The van der Waals surface area contributed by atoms with E-state index < -0.39 is 48.4 Å². The molecular formula is C17H29N9O5S. The van der Waals surface area contributed by atoms with Gasteiger partial charge in [-0.2, -0.15) is 12.6 Å². The zero-order valence-electron chi connectivity index (χ0n) is 17.3. The number of carbonyl (C=O) groups is 4. The minimum Gasteiger partial charge on any atom is -0.480 e. The van der Waals surface area contributed by atoms with Gasteiger partial charge in [0, 0.05) is 30.6 Å². The number of carboxylic acid groups (broad SMARTS) is 1. The number of carboxylic acids is 1. The highest BCUT2D eigenvalue weighted by molar-refractivity contribution is 7.80. The van der Waals surface area contributed by atoms with Crippen molar-refractivity contribution in [2.45, 2.75) is 37.4 Å². The lowest BCUT2D eigenvalue weighted by Crippen LogP contribution is -2.56. The Labute approximate surface area is 189 Å². The number of imidazole rings is 1. The van der Waals surface area contributed by atoms with Crippen LogP contribution >= 0.6 is 12.6 Å². The Morgan fingerprint density at radius 1 is 1.16 bits per heavy atom. The molecule has 3 atom stereocenters. The number of aromatic amines is 1. The molecular weight excluding hydrogens is 442 g/mol. The standard InChI is InChI=1S/C17H29N9O5S/c18-10(4-9-5-21-8-24-9)14(29)25-11(2-1-3-22-17(19)20)16(31)26-12(7-32)15(30)23-6-13(27)28/h5,8,10-12,32H,1-4,6-7,18H2,(H,21,24)(H,23,30)(H,25,29)(H,26,31)(H,27,28)(H4,19,20,22). The Balaban J connectivity index is 2.79. The molecule has 178 valence electrons. The van der Waals surface area contributed by atoms with Gasteiger partial charge in [-0.15, -0.1) is 0 Å². The molecule has 0 aliphatic carbocycles. The molecule has 14 nitrogen and oxygen atoms in total. The van der Waals surface area contributed by atoms with Crippen molar-refractivity contribution in [3.63, 3.8) is 0 Å². The van der Waals surface area contributed by atoms with Gasteiger partial charge in [-0.3, -0.25) is 24.2 Å². The van der Waals surface area contributed by atoms with E-state index in [1.807, 2.05) is 0 Å². The van der Waals surface area contributed by atoms with Crippen LogP contribution in [-0.4, -0.2) is 81.7 Å². The summed E-state index contributed by atoms with van der Waals surface area (Å²) in [6.07, 6.45) is 3.65. The third kappa shape index (κ3) is 10.1. The number of thiol groups is 1. The molecule has 1 rings (SSSR count). The van der Waals surface area contributed by atoms with Crippen molar-refractivity contribution >= 4 is 42.3 Å². The van der Waals surface area contributed by atoms with Crippen molar-refractivity contribution in [1.82, 2.24) is 25.9 Å². The number of hydrogen-bond donors (Lipinski definition) is 9. The minimum absolute atomic E-state index is 0.0921. The molecule has 0 aromatic carbocycles. The van der Waals surface area contributed by atoms with Crippen LogP contribution in [0.5, 0.6) is 0 Å². The Bertz CT molecular complexity index is 798. The predicted molar refractivity (Wildman–Crippen MR) is 119 cm³/mol. The summed E-state index contributed by atoms with van der Waals surface area (Å²) in [5.74, 6) is -3.41. The number of carbonyl (C=O) groups excluding carboxylic acids is 3.